The topological polar surface area (TPSA) is 86.5 Å². The standard InChI is InChI=1S/C18H17N3O4/c1-24-16-4-2-3-13(7-16)11-25-12-14-5-6-17(19-8-14)21-10-15(9-20-21)18(22)23/h2-10H,11-12H2,1H3,(H,22,23). The number of carboxylic acids is 1. The van der Waals surface area contributed by atoms with Crippen molar-refractivity contribution in [2.75, 3.05) is 7.11 Å². The maximum Gasteiger partial charge on any atom is 0.338 e. The molecule has 0 bridgehead atoms. The molecule has 7 nitrogen and oxygen atoms in total. The lowest BCUT2D eigenvalue weighted by molar-refractivity contribution is 0.0697. The lowest BCUT2D eigenvalue weighted by atomic mass is 10.2. The van der Waals surface area contributed by atoms with Gasteiger partial charge in [0.2, 0.25) is 0 Å². The Morgan fingerprint density at radius 2 is 2.00 bits per heavy atom. The molecule has 0 radical (unpaired) electrons. The number of pyridine rings is 1. The normalized spacial score (nSPS) is 10.6. The van der Waals surface area contributed by atoms with Crippen molar-refractivity contribution in [3.8, 4) is 11.6 Å². The van der Waals surface area contributed by atoms with E-state index in [0.717, 1.165) is 16.9 Å². The predicted octanol–water partition coefficient (Wildman–Crippen LogP) is 2.69. The fraction of sp³-hybridized carbons (Fsp3) is 0.167. The highest BCUT2D eigenvalue weighted by Gasteiger charge is 2.07. The molecule has 3 aromatic rings. The Morgan fingerprint density at radius 3 is 2.68 bits per heavy atom. The Labute approximate surface area is 144 Å². The number of carbonyl (C=O) groups is 1. The molecule has 0 unspecified atom stereocenters. The zero-order valence-corrected chi connectivity index (χ0v) is 13.6. The molecule has 0 saturated carbocycles. The first kappa shape index (κ1) is 16.7. The zero-order valence-electron chi connectivity index (χ0n) is 13.6. The number of aromatic nitrogens is 3. The Bertz CT molecular complexity index is 859. The smallest absolute Gasteiger partial charge is 0.338 e. The second-order valence-electron chi connectivity index (χ2n) is 5.35. The lowest BCUT2D eigenvalue weighted by Crippen LogP contribution is -2.00. The van der Waals surface area contributed by atoms with Crippen LogP contribution in [0.3, 0.4) is 0 Å². The average Bonchev–Trinajstić information content (AvgIpc) is 3.13. The Morgan fingerprint density at radius 1 is 1.16 bits per heavy atom. The third kappa shape index (κ3) is 4.21. The molecule has 7 heteroatoms. The molecule has 128 valence electrons. The van der Waals surface area contributed by atoms with Gasteiger partial charge in [0.25, 0.3) is 0 Å². The number of aromatic carboxylic acids is 1. The molecule has 0 aliphatic heterocycles. The lowest BCUT2D eigenvalue weighted by Gasteiger charge is -2.07. The Hall–Kier alpha value is -3.19. The van der Waals surface area contributed by atoms with Crippen LogP contribution in [-0.4, -0.2) is 33.0 Å². The molecule has 0 atom stereocenters. The van der Waals surface area contributed by atoms with E-state index < -0.39 is 5.97 Å². The van der Waals surface area contributed by atoms with Gasteiger partial charge in [-0.3, -0.25) is 0 Å². The number of rotatable bonds is 7. The molecule has 0 amide bonds. The molecule has 0 aliphatic carbocycles. The van der Waals surface area contributed by atoms with Gasteiger partial charge in [0.1, 0.15) is 5.75 Å². The number of methoxy groups -OCH3 is 1. The van der Waals surface area contributed by atoms with Gasteiger partial charge in [-0.25, -0.2) is 14.5 Å². The van der Waals surface area contributed by atoms with E-state index in [-0.39, 0.29) is 5.56 Å². The van der Waals surface area contributed by atoms with Crippen molar-refractivity contribution in [1.29, 1.82) is 0 Å². The number of hydrogen-bond donors (Lipinski definition) is 1. The molecule has 0 fully saturated rings. The van der Waals surface area contributed by atoms with Crippen LogP contribution in [0.2, 0.25) is 0 Å². The number of carboxylic acid groups (broad SMARTS) is 1. The first-order chi connectivity index (χ1) is 12.2. The van der Waals surface area contributed by atoms with Crippen molar-refractivity contribution in [1.82, 2.24) is 14.8 Å². The minimum Gasteiger partial charge on any atom is -0.497 e. The van der Waals surface area contributed by atoms with Crippen LogP contribution in [0, 0.1) is 0 Å². The Balaban J connectivity index is 1.57. The van der Waals surface area contributed by atoms with Crippen LogP contribution in [-0.2, 0) is 18.0 Å². The molecule has 2 aromatic heterocycles. The summed E-state index contributed by atoms with van der Waals surface area (Å²) < 4.78 is 12.3. The zero-order chi connectivity index (χ0) is 17.6. The molecule has 1 N–H and O–H groups in total. The van der Waals surface area contributed by atoms with Crippen LogP contribution >= 0.6 is 0 Å². The number of hydrogen-bond acceptors (Lipinski definition) is 5. The first-order valence-electron chi connectivity index (χ1n) is 7.59. The van der Waals surface area contributed by atoms with E-state index in [1.165, 1.54) is 17.1 Å². The molecule has 2 heterocycles. The molecule has 25 heavy (non-hydrogen) atoms. The van der Waals surface area contributed by atoms with E-state index in [4.69, 9.17) is 14.6 Å². The highest BCUT2D eigenvalue weighted by molar-refractivity contribution is 5.86. The van der Waals surface area contributed by atoms with Crippen molar-refractivity contribution < 1.29 is 19.4 Å². The summed E-state index contributed by atoms with van der Waals surface area (Å²) in [7, 11) is 1.63. The van der Waals surface area contributed by atoms with Crippen LogP contribution in [0.1, 0.15) is 21.5 Å². The largest absolute Gasteiger partial charge is 0.497 e. The van der Waals surface area contributed by atoms with E-state index in [0.29, 0.717) is 19.0 Å². The second-order valence-corrected chi connectivity index (χ2v) is 5.35. The van der Waals surface area contributed by atoms with Crippen molar-refractivity contribution in [2.24, 2.45) is 0 Å². The SMILES string of the molecule is COc1cccc(COCc2ccc(-n3cc(C(=O)O)cn3)nc2)c1. The van der Waals surface area contributed by atoms with Crippen LogP contribution in [0.15, 0.2) is 55.0 Å². The van der Waals surface area contributed by atoms with Gasteiger partial charge in [-0.05, 0) is 29.3 Å². The average molecular weight is 339 g/mol. The summed E-state index contributed by atoms with van der Waals surface area (Å²) in [5.74, 6) is 0.324. The van der Waals surface area contributed by atoms with Crippen LogP contribution < -0.4 is 4.74 Å². The van der Waals surface area contributed by atoms with Gasteiger partial charge < -0.3 is 14.6 Å². The van der Waals surface area contributed by atoms with E-state index in [2.05, 4.69) is 10.1 Å². The summed E-state index contributed by atoms with van der Waals surface area (Å²) in [5.41, 5.74) is 2.06. The van der Waals surface area contributed by atoms with Gasteiger partial charge >= 0.3 is 5.97 Å². The third-order valence-electron chi connectivity index (χ3n) is 3.55. The Kier molecular flexibility index (Phi) is 5.06. The van der Waals surface area contributed by atoms with E-state index >= 15 is 0 Å². The molecule has 0 saturated heterocycles. The fourth-order valence-corrected chi connectivity index (χ4v) is 2.25. The fourth-order valence-electron chi connectivity index (χ4n) is 2.25. The monoisotopic (exact) mass is 339 g/mol. The third-order valence-corrected chi connectivity index (χ3v) is 3.55. The van der Waals surface area contributed by atoms with E-state index in [1.54, 1.807) is 19.4 Å². The molecule has 1 aromatic carbocycles. The van der Waals surface area contributed by atoms with Crippen molar-refractivity contribution >= 4 is 5.97 Å². The molecular weight excluding hydrogens is 322 g/mol. The molecular formula is C18H17N3O4. The van der Waals surface area contributed by atoms with Crippen LogP contribution in [0.25, 0.3) is 5.82 Å². The summed E-state index contributed by atoms with van der Waals surface area (Å²) >= 11 is 0. The van der Waals surface area contributed by atoms with Gasteiger partial charge in [0.15, 0.2) is 5.82 Å². The van der Waals surface area contributed by atoms with Gasteiger partial charge in [0.05, 0.1) is 32.1 Å². The van der Waals surface area contributed by atoms with Gasteiger partial charge in [-0.15, -0.1) is 0 Å². The number of benzene rings is 1. The summed E-state index contributed by atoms with van der Waals surface area (Å²) in [6, 6.07) is 11.3. The minimum atomic E-state index is -1.02. The van der Waals surface area contributed by atoms with Crippen molar-refractivity contribution in [3.05, 3.63) is 71.7 Å². The van der Waals surface area contributed by atoms with E-state index in [1.807, 2.05) is 30.3 Å². The first-order valence-corrected chi connectivity index (χ1v) is 7.59. The van der Waals surface area contributed by atoms with Gasteiger partial charge in [-0.1, -0.05) is 18.2 Å². The maximum atomic E-state index is 10.9. The van der Waals surface area contributed by atoms with Gasteiger partial charge in [-0.2, -0.15) is 5.10 Å². The van der Waals surface area contributed by atoms with Crippen molar-refractivity contribution in [2.45, 2.75) is 13.2 Å². The quantitative estimate of drug-likeness (QED) is 0.712. The highest BCUT2D eigenvalue weighted by atomic mass is 16.5. The highest BCUT2D eigenvalue weighted by Crippen LogP contribution is 2.14. The molecule has 0 aliphatic rings. The van der Waals surface area contributed by atoms with Gasteiger partial charge in [0, 0.05) is 12.4 Å². The second kappa shape index (κ2) is 7.59. The minimum absolute atomic E-state index is 0.118. The van der Waals surface area contributed by atoms with E-state index in [9.17, 15) is 4.79 Å². The van der Waals surface area contributed by atoms with Crippen molar-refractivity contribution in [3.63, 3.8) is 0 Å². The summed E-state index contributed by atoms with van der Waals surface area (Å²) in [6.07, 6.45) is 4.39. The van der Waals surface area contributed by atoms with Crippen LogP contribution in [0.4, 0.5) is 0 Å². The number of ether oxygens (including phenoxy) is 2. The summed E-state index contributed by atoms with van der Waals surface area (Å²) in [6.45, 7) is 0.893. The summed E-state index contributed by atoms with van der Waals surface area (Å²) in [5, 5.41) is 12.9. The molecule has 0 spiro atoms. The van der Waals surface area contributed by atoms with Crippen LogP contribution in [0.5, 0.6) is 5.75 Å². The summed E-state index contributed by atoms with van der Waals surface area (Å²) in [4.78, 5) is 15.2. The maximum absolute atomic E-state index is 10.9. The number of nitrogens with zero attached hydrogens (tertiary/aromatic N) is 3. The predicted molar refractivity (Wildman–Crippen MR) is 89.8 cm³/mol. The molecule has 3 rings (SSSR count).